The summed E-state index contributed by atoms with van der Waals surface area (Å²) in [6.07, 6.45) is 3.80. The lowest BCUT2D eigenvalue weighted by atomic mass is 10.1. The highest BCUT2D eigenvalue weighted by atomic mass is 16.5. The maximum atomic E-state index is 12.4. The summed E-state index contributed by atoms with van der Waals surface area (Å²) in [7, 11) is 1.67. The predicted octanol–water partition coefficient (Wildman–Crippen LogP) is 2.90. The highest BCUT2D eigenvalue weighted by Gasteiger charge is 2.14. The Morgan fingerprint density at radius 3 is 2.70 bits per heavy atom. The number of methoxy groups -OCH3 is 1. The number of pyridine rings is 1. The highest BCUT2D eigenvalue weighted by molar-refractivity contribution is 5.92. The number of rotatable bonds is 9. The van der Waals surface area contributed by atoms with Gasteiger partial charge in [-0.2, -0.15) is 0 Å². The van der Waals surface area contributed by atoms with E-state index in [1.165, 1.54) is 6.20 Å². The maximum absolute atomic E-state index is 12.4. The molecule has 0 saturated heterocycles. The molecule has 0 aliphatic heterocycles. The molecule has 0 saturated carbocycles. The Morgan fingerprint density at radius 1 is 1.22 bits per heavy atom. The lowest BCUT2D eigenvalue weighted by Crippen LogP contribution is -2.18. The van der Waals surface area contributed by atoms with E-state index in [9.17, 15) is 14.7 Å². The lowest BCUT2D eigenvalue weighted by molar-refractivity contribution is 0.0695. The summed E-state index contributed by atoms with van der Waals surface area (Å²) in [5.74, 6) is 4.90. The fraction of sp³-hybridized carbons (Fsp3) is 0.429. The summed E-state index contributed by atoms with van der Waals surface area (Å²) in [6.45, 7) is 4.51. The lowest BCUT2D eigenvalue weighted by Gasteiger charge is -2.10. The largest absolute Gasteiger partial charge is 0.477 e. The number of carboxylic acid groups (broad SMARTS) is 1. The SMILES string of the molecule is CCn1cc(C(=O)O)c(=O)c2cc(C#CCCCOCCCOC)ccc21. The number of aryl methyl sites for hydroxylation is 1. The molecule has 144 valence electrons. The van der Waals surface area contributed by atoms with Crippen molar-refractivity contribution in [1.82, 2.24) is 4.57 Å². The number of ether oxygens (including phenoxy) is 2. The van der Waals surface area contributed by atoms with Gasteiger partial charge in [0.1, 0.15) is 5.56 Å². The van der Waals surface area contributed by atoms with Crippen LogP contribution in [0.5, 0.6) is 0 Å². The first kappa shape index (κ1) is 20.7. The molecule has 0 unspecified atom stereocenters. The molecule has 1 aromatic carbocycles. The van der Waals surface area contributed by atoms with E-state index in [4.69, 9.17) is 9.47 Å². The van der Waals surface area contributed by atoms with Gasteiger partial charge in [-0.05, 0) is 38.0 Å². The van der Waals surface area contributed by atoms with Crippen LogP contribution >= 0.6 is 0 Å². The third kappa shape index (κ3) is 5.68. The van der Waals surface area contributed by atoms with E-state index in [0.717, 1.165) is 12.8 Å². The Bertz CT molecular complexity index is 904. The summed E-state index contributed by atoms with van der Waals surface area (Å²) < 4.78 is 12.2. The number of fused-ring (bicyclic) bond motifs is 1. The van der Waals surface area contributed by atoms with Crippen molar-refractivity contribution in [1.29, 1.82) is 0 Å². The standard InChI is InChI=1S/C21H25NO5/c1-3-22-15-18(21(24)25)20(23)17-14-16(9-10-19(17)22)8-5-4-6-12-27-13-7-11-26-2/h9-10,14-15H,3-4,6-7,11-13H2,1-2H3,(H,24,25). The Hall–Kier alpha value is -2.62. The van der Waals surface area contributed by atoms with Crippen molar-refractivity contribution < 1.29 is 19.4 Å². The molecule has 27 heavy (non-hydrogen) atoms. The molecule has 0 bridgehead atoms. The van der Waals surface area contributed by atoms with Crippen LogP contribution in [0, 0.1) is 11.8 Å². The summed E-state index contributed by atoms with van der Waals surface area (Å²) in [4.78, 5) is 23.8. The molecule has 0 fully saturated rings. The molecule has 6 heteroatoms. The number of benzene rings is 1. The molecule has 0 amide bonds. The van der Waals surface area contributed by atoms with E-state index in [0.29, 0.717) is 49.3 Å². The van der Waals surface area contributed by atoms with Crippen molar-refractivity contribution >= 4 is 16.9 Å². The third-order valence-electron chi connectivity index (χ3n) is 4.11. The quantitative estimate of drug-likeness (QED) is 0.542. The monoisotopic (exact) mass is 371 g/mol. The number of hydrogen-bond donors (Lipinski definition) is 1. The zero-order valence-electron chi connectivity index (χ0n) is 15.8. The van der Waals surface area contributed by atoms with Gasteiger partial charge in [0.05, 0.1) is 5.52 Å². The van der Waals surface area contributed by atoms with E-state index in [-0.39, 0.29) is 5.56 Å². The van der Waals surface area contributed by atoms with Crippen LogP contribution in [0.4, 0.5) is 0 Å². The van der Waals surface area contributed by atoms with Gasteiger partial charge in [-0.25, -0.2) is 4.79 Å². The molecular formula is C21H25NO5. The number of unbranched alkanes of at least 4 members (excludes halogenated alkanes) is 1. The van der Waals surface area contributed by atoms with E-state index in [1.54, 1.807) is 17.7 Å². The van der Waals surface area contributed by atoms with Crippen molar-refractivity contribution in [3.05, 3.63) is 45.7 Å². The molecule has 0 radical (unpaired) electrons. The van der Waals surface area contributed by atoms with Gasteiger partial charge in [0.15, 0.2) is 0 Å². The Labute approximate surface area is 158 Å². The summed E-state index contributed by atoms with van der Waals surface area (Å²) >= 11 is 0. The summed E-state index contributed by atoms with van der Waals surface area (Å²) in [5, 5.41) is 9.63. The molecule has 1 heterocycles. The molecule has 6 nitrogen and oxygen atoms in total. The minimum Gasteiger partial charge on any atom is -0.477 e. The fourth-order valence-corrected chi connectivity index (χ4v) is 2.72. The second-order valence-electron chi connectivity index (χ2n) is 6.06. The minimum atomic E-state index is -1.22. The fourth-order valence-electron chi connectivity index (χ4n) is 2.72. The van der Waals surface area contributed by atoms with Crippen LogP contribution in [0.2, 0.25) is 0 Å². The Morgan fingerprint density at radius 2 is 2.00 bits per heavy atom. The zero-order chi connectivity index (χ0) is 19.6. The van der Waals surface area contributed by atoms with E-state index < -0.39 is 11.4 Å². The van der Waals surface area contributed by atoms with E-state index in [2.05, 4.69) is 11.8 Å². The van der Waals surface area contributed by atoms with Crippen molar-refractivity contribution in [2.45, 2.75) is 32.7 Å². The van der Waals surface area contributed by atoms with Crippen LogP contribution in [0.25, 0.3) is 10.9 Å². The maximum Gasteiger partial charge on any atom is 0.341 e. The van der Waals surface area contributed by atoms with Gasteiger partial charge in [0, 0.05) is 57.0 Å². The number of aromatic carboxylic acids is 1. The van der Waals surface area contributed by atoms with Crippen LogP contribution in [0.1, 0.15) is 42.1 Å². The average molecular weight is 371 g/mol. The number of aromatic nitrogens is 1. The van der Waals surface area contributed by atoms with Crippen molar-refractivity contribution in [3.63, 3.8) is 0 Å². The van der Waals surface area contributed by atoms with Gasteiger partial charge in [-0.15, -0.1) is 0 Å². The number of carbonyl (C=O) groups is 1. The Kier molecular flexibility index (Phi) is 8.05. The molecule has 1 N–H and O–H groups in total. The molecule has 0 aliphatic carbocycles. The molecule has 2 rings (SSSR count). The minimum absolute atomic E-state index is 0.222. The smallest absolute Gasteiger partial charge is 0.341 e. The first-order valence-corrected chi connectivity index (χ1v) is 9.04. The van der Waals surface area contributed by atoms with Crippen molar-refractivity contribution in [2.24, 2.45) is 0 Å². The van der Waals surface area contributed by atoms with E-state index >= 15 is 0 Å². The first-order valence-electron chi connectivity index (χ1n) is 9.04. The van der Waals surface area contributed by atoms with Crippen LogP contribution in [0.3, 0.4) is 0 Å². The van der Waals surface area contributed by atoms with E-state index in [1.807, 2.05) is 19.1 Å². The van der Waals surface area contributed by atoms with Crippen LogP contribution in [-0.2, 0) is 16.0 Å². The zero-order valence-corrected chi connectivity index (χ0v) is 15.8. The van der Waals surface area contributed by atoms with Gasteiger partial charge in [0.25, 0.3) is 0 Å². The second kappa shape index (κ2) is 10.5. The number of hydrogen-bond acceptors (Lipinski definition) is 4. The highest BCUT2D eigenvalue weighted by Crippen LogP contribution is 2.14. The molecular weight excluding hydrogens is 346 g/mol. The van der Waals surface area contributed by atoms with Gasteiger partial charge in [-0.3, -0.25) is 4.79 Å². The van der Waals surface area contributed by atoms with Gasteiger partial charge >= 0.3 is 5.97 Å². The normalized spacial score (nSPS) is 10.6. The molecule has 1 aromatic heterocycles. The number of nitrogens with zero attached hydrogens (tertiary/aromatic N) is 1. The Balaban J connectivity index is 2.07. The topological polar surface area (TPSA) is 77.8 Å². The van der Waals surface area contributed by atoms with Crippen LogP contribution < -0.4 is 5.43 Å². The second-order valence-corrected chi connectivity index (χ2v) is 6.06. The molecule has 2 aromatic rings. The van der Waals surface area contributed by atoms with Crippen LogP contribution in [-0.4, -0.2) is 42.6 Å². The summed E-state index contributed by atoms with van der Waals surface area (Å²) in [5.41, 5.74) is 0.712. The number of carboxylic acids is 1. The summed E-state index contributed by atoms with van der Waals surface area (Å²) in [6, 6.07) is 5.34. The molecule has 0 spiro atoms. The van der Waals surface area contributed by atoms with Gasteiger partial charge in [-0.1, -0.05) is 11.8 Å². The van der Waals surface area contributed by atoms with Crippen LogP contribution in [0.15, 0.2) is 29.2 Å². The molecule has 0 atom stereocenters. The molecule has 0 aliphatic rings. The first-order chi connectivity index (χ1) is 13.1. The van der Waals surface area contributed by atoms with Gasteiger partial charge in [0.2, 0.25) is 5.43 Å². The predicted molar refractivity (Wildman–Crippen MR) is 104 cm³/mol. The van der Waals surface area contributed by atoms with Gasteiger partial charge < -0.3 is 19.1 Å². The average Bonchev–Trinajstić information content (AvgIpc) is 2.67. The van der Waals surface area contributed by atoms with Crippen molar-refractivity contribution in [2.75, 3.05) is 26.9 Å². The third-order valence-corrected chi connectivity index (χ3v) is 4.11. The van der Waals surface area contributed by atoms with Crippen molar-refractivity contribution in [3.8, 4) is 11.8 Å².